The van der Waals surface area contributed by atoms with Gasteiger partial charge in [-0.1, -0.05) is 36.4 Å². The highest BCUT2D eigenvalue weighted by molar-refractivity contribution is 6.03. The molecule has 0 aromatic heterocycles. The van der Waals surface area contributed by atoms with Crippen molar-refractivity contribution in [1.82, 2.24) is 5.32 Å². The van der Waals surface area contributed by atoms with Crippen LogP contribution in [-0.2, 0) is 11.2 Å². The van der Waals surface area contributed by atoms with Crippen LogP contribution >= 0.6 is 0 Å². The van der Waals surface area contributed by atoms with Gasteiger partial charge in [0.05, 0.1) is 11.3 Å². The second-order valence-electron chi connectivity index (χ2n) is 6.63. The zero-order chi connectivity index (χ0) is 18.4. The Labute approximate surface area is 154 Å². The Hall–Kier alpha value is -2.66. The van der Waals surface area contributed by atoms with Crippen molar-refractivity contribution in [3.05, 3.63) is 65.2 Å². The van der Waals surface area contributed by atoms with E-state index < -0.39 is 0 Å². The van der Waals surface area contributed by atoms with Gasteiger partial charge in [-0.15, -0.1) is 0 Å². The van der Waals surface area contributed by atoms with Crippen LogP contribution in [-0.4, -0.2) is 24.9 Å². The number of hydrogen-bond acceptors (Lipinski definition) is 3. The SMILES string of the molecule is NCCNC(=O)c1ccccc1NC(=O)CC1CCCc2ccccc21. The van der Waals surface area contributed by atoms with E-state index in [9.17, 15) is 9.59 Å². The molecule has 2 aromatic rings. The highest BCUT2D eigenvalue weighted by Crippen LogP contribution is 2.34. The number of carbonyl (C=O) groups is 2. The van der Waals surface area contributed by atoms with Crippen LogP contribution in [0.4, 0.5) is 5.69 Å². The van der Waals surface area contributed by atoms with Gasteiger partial charge in [0.25, 0.3) is 5.91 Å². The number of nitrogens with one attached hydrogen (secondary N) is 2. The van der Waals surface area contributed by atoms with E-state index >= 15 is 0 Å². The molecular formula is C21H25N3O2. The number of hydrogen-bond donors (Lipinski definition) is 3. The van der Waals surface area contributed by atoms with Gasteiger partial charge < -0.3 is 16.4 Å². The molecule has 5 nitrogen and oxygen atoms in total. The summed E-state index contributed by atoms with van der Waals surface area (Å²) < 4.78 is 0. The molecule has 136 valence electrons. The van der Waals surface area contributed by atoms with E-state index in [0.717, 1.165) is 19.3 Å². The Morgan fingerprint density at radius 1 is 1.08 bits per heavy atom. The molecule has 1 unspecified atom stereocenters. The van der Waals surface area contributed by atoms with Gasteiger partial charge in [-0.25, -0.2) is 0 Å². The first-order chi connectivity index (χ1) is 12.7. The summed E-state index contributed by atoms with van der Waals surface area (Å²) in [5.41, 5.74) is 9.05. The van der Waals surface area contributed by atoms with Gasteiger partial charge in [-0.3, -0.25) is 9.59 Å². The average Bonchev–Trinajstić information content (AvgIpc) is 2.67. The largest absolute Gasteiger partial charge is 0.351 e. The number of carbonyl (C=O) groups excluding carboxylic acids is 2. The van der Waals surface area contributed by atoms with Crippen molar-refractivity contribution in [2.24, 2.45) is 5.73 Å². The molecule has 3 rings (SSSR count). The van der Waals surface area contributed by atoms with Crippen molar-refractivity contribution in [2.75, 3.05) is 18.4 Å². The summed E-state index contributed by atoms with van der Waals surface area (Å²) in [7, 11) is 0. The van der Waals surface area contributed by atoms with Crippen LogP contribution in [0.1, 0.15) is 46.7 Å². The number of rotatable bonds is 6. The van der Waals surface area contributed by atoms with Crippen LogP contribution in [0.25, 0.3) is 0 Å². The van der Waals surface area contributed by atoms with Crippen molar-refractivity contribution in [3.8, 4) is 0 Å². The molecular weight excluding hydrogens is 326 g/mol. The molecule has 2 aromatic carbocycles. The maximum atomic E-state index is 12.6. The van der Waals surface area contributed by atoms with Gasteiger partial charge in [0.2, 0.25) is 5.91 Å². The van der Waals surface area contributed by atoms with Gasteiger partial charge >= 0.3 is 0 Å². The number of aryl methyl sites for hydroxylation is 1. The molecule has 4 N–H and O–H groups in total. The first-order valence-electron chi connectivity index (χ1n) is 9.14. The predicted octanol–water partition coefficient (Wildman–Crippen LogP) is 2.82. The third-order valence-electron chi connectivity index (χ3n) is 4.80. The maximum Gasteiger partial charge on any atom is 0.253 e. The summed E-state index contributed by atoms with van der Waals surface area (Å²) in [6.07, 6.45) is 3.63. The van der Waals surface area contributed by atoms with Crippen molar-refractivity contribution in [2.45, 2.75) is 31.6 Å². The molecule has 0 bridgehead atoms. The molecule has 26 heavy (non-hydrogen) atoms. The van der Waals surface area contributed by atoms with Gasteiger partial charge in [-0.2, -0.15) is 0 Å². The Morgan fingerprint density at radius 2 is 1.85 bits per heavy atom. The number of anilines is 1. The van der Waals surface area contributed by atoms with Gasteiger partial charge in [0, 0.05) is 19.5 Å². The lowest BCUT2D eigenvalue weighted by molar-refractivity contribution is -0.116. The summed E-state index contributed by atoms with van der Waals surface area (Å²) in [6, 6.07) is 15.4. The fourth-order valence-corrected chi connectivity index (χ4v) is 3.56. The smallest absolute Gasteiger partial charge is 0.253 e. The fourth-order valence-electron chi connectivity index (χ4n) is 3.56. The molecule has 0 aliphatic heterocycles. The highest BCUT2D eigenvalue weighted by atomic mass is 16.2. The van der Waals surface area contributed by atoms with E-state index in [2.05, 4.69) is 28.8 Å². The van der Waals surface area contributed by atoms with Crippen LogP contribution in [0.2, 0.25) is 0 Å². The molecule has 0 saturated carbocycles. The monoisotopic (exact) mass is 351 g/mol. The molecule has 0 heterocycles. The molecule has 2 amide bonds. The minimum Gasteiger partial charge on any atom is -0.351 e. The second-order valence-corrected chi connectivity index (χ2v) is 6.63. The van der Waals surface area contributed by atoms with E-state index in [1.165, 1.54) is 11.1 Å². The first-order valence-corrected chi connectivity index (χ1v) is 9.14. The highest BCUT2D eigenvalue weighted by Gasteiger charge is 2.23. The van der Waals surface area contributed by atoms with E-state index in [4.69, 9.17) is 5.73 Å². The van der Waals surface area contributed by atoms with E-state index in [-0.39, 0.29) is 17.7 Å². The molecule has 0 radical (unpaired) electrons. The molecule has 0 spiro atoms. The van der Waals surface area contributed by atoms with Crippen LogP contribution in [0.5, 0.6) is 0 Å². The number of amides is 2. The lowest BCUT2D eigenvalue weighted by atomic mass is 9.81. The molecule has 0 fully saturated rings. The van der Waals surface area contributed by atoms with E-state index in [1.807, 2.05) is 12.1 Å². The third kappa shape index (κ3) is 4.29. The van der Waals surface area contributed by atoms with Crippen molar-refractivity contribution >= 4 is 17.5 Å². The van der Waals surface area contributed by atoms with Crippen LogP contribution < -0.4 is 16.4 Å². The van der Waals surface area contributed by atoms with E-state index in [1.54, 1.807) is 18.2 Å². The van der Waals surface area contributed by atoms with Gasteiger partial charge in [0.1, 0.15) is 0 Å². The Balaban J connectivity index is 1.69. The Morgan fingerprint density at radius 3 is 2.69 bits per heavy atom. The molecule has 1 atom stereocenters. The molecule has 1 aliphatic rings. The number of para-hydroxylation sites is 1. The summed E-state index contributed by atoms with van der Waals surface area (Å²) in [4.78, 5) is 24.9. The van der Waals surface area contributed by atoms with Crippen LogP contribution in [0.3, 0.4) is 0 Å². The zero-order valence-corrected chi connectivity index (χ0v) is 14.8. The normalized spacial score (nSPS) is 15.8. The average molecular weight is 351 g/mol. The fraction of sp³-hybridized carbons (Fsp3) is 0.333. The third-order valence-corrected chi connectivity index (χ3v) is 4.80. The lowest BCUT2D eigenvalue weighted by Gasteiger charge is -2.25. The number of fused-ring (bicyclic) bond motifs is 1. The molecule has 1 aliphatic carbocycles. The summed E-state index contributed by atoms with van der Waals surface area (Å²) >= 11 is 0. The summed E-state index contributed by atoms with van der Waals surface area (Å²) in [5, 5.41) is 5.66. The van der Waals surface area contributed by atoms with Crippen LogP contribution in [0, 0.1) is 0 Å². The minimum absolute atomic E-state index is 0.0641. The minimum atomic E-state index is -0.227. The molecule has 0 saturated heterocycles. The number of benzene rings is 2. The van der Waals surface area contributed by atoms with Crippen molar-refractivity contribution in [1.29, 1.82) is 0 Å². The second kappa shape index (κ2) is 8.63. The first kappa shape index (κ1) is 18.1. The van der Waals surface area contributed by atoms with Crippen molar-refractivity contribution in [3.63, 3.8) is 0 Å². The Bertz CT molecular complexity index is 788. The molecule has 5 heteroatoms. The summed E-state index contributed by atoms with van der Waals surface area (Å²) in [5.74, 6) is -0.0571. The van der Waals surface area contributed by atoms with Gasteiger partial charge in [0.15, 0.2) is 0 Å². The standard InChI is InChI=1S/C21H25N3O2/c22-12-13-23-21(26)18-10-3-4-11-19(18)24-20(25)14-16-8-5-7-15-6-1-2-9-17(15)16/h1-4,6,9-11,16H,5,7-8,12-14,22H2,(H,23,26)(H,24,25). The van der Waals surface area contributed by atoms with Crippen LogP contribution in [0.15, 0.2) is 48.5 Å². The summed E-state index contributed by atoms with van der Waals surface area (Å²) in [6.45, 7) is 0.779. The maximum absolute atomic E-state index is 12.6. The van der Waals surface area contributed by atoms with Gasteiger partial charge in [-0.05, 0) is 48.4 Å². The topological polar surface area (TPSA) is 84.2 Å². The lowest BCUT2D eigenvalue weighted by Crippen LogP contribution is -2.30. The quantitative estimate of drug-likeness (QED) is 0.748. The number of nitrogens with two attached hydrogens (primary N) is 1. The zero-order valence-electron chi connectivity index (χ0n) is 14.8. The predicted molar refractivity (Wildman–Crippen MR) is 103 cm³/mol. The van der Waals surface area contributed by atoms with E-state index in [0.29, 0.717) is 30.8 Å². The van der Waals surface area contributed by atoms with Crippen molar-refractivity contribution < 1.29 is 9.59 Å². The Kier molecular flexibility index (Phi) is 6.02.